The summed E-state index contributed by atoms with van der Waals surface area (Å²) in [4.78, 5) is 15.1. The number of halogens is 1. The Kier molecular flexibility index (Phi) is 6.15. The molecule has 0 spiro atoms. The molecule has 4 heterocycles. The molecular formula is C28H30ClN4O. The second-order valence-corrected chi connectivity index (χ2v) is 10.2. The van der Waals surface area contributed by atoms with Gasteiger partial charge in [0.25, 0.3) is 0 Å². The smallest absolute Gasteiger partial charge is 0.137 e. The molecule has 1 radical (unpaired) electrons. The van der Waals surface area contributed by atoms with Crippen LogP contribution in [0.3, 0.4) is 0 Å². The first-order chi connectivity index (χ1) is 16.7. The van der Waals surface area contributed by atoms with Gasteiger partial charge >= 0.3 is 0 Å². The Hall–Kier alpha value is -2.63. The van der Waals surface area contributed by atoms with Gasteiger partial charge in [-0.3, -0.25) is 9.88 Å². The third kappa shape index (κ3) is 4.39. The molecule has 175 valence electrons. The van der Waals surface area contributed by atoms with E-state index in [9.17, 15) is 0 Å². The van der Waals surface area contributed by atoms with E-state index in [-0.39, 0.29) is 0 Å². The number of fused-ring (bicyclic) bond motifs is 3. The summed E-state index contributed by atoms with van der Waals surface area (Å²) in [5.74, 6) is 2.00. The summed E-state index contributed by atoms with van der Waals surface area (Å²) in [5.41, 5.74) is 3.36. The highest BCUT2D eigenvalue weighted by Gasteiger charge is 2.32. The molecule has 2 aliphatic rings. The molecule has 4 aromatic rings. The van der Waals surface area contributed by atoms with Crippen LogP contribution < -0.4 is 4.74 Å². The van der Waals surface area contributed by atoms with Crippen molar-refractivity contribution in [3.63, 3.8) is 0 Å². The Morgan fingerprint density at radius 1 is 1.09 bits per heavy atom. The molecule has 0 amide bonds. The zero-order chi connectivity index (χ0) is 22.9. The summed E-state index contributed by atoms with van der Waals surface area (Å²) in [5, 5.41) is 3.20. The van der Waals surface area contributed by atoms with Gasteiger partial charge in [-0.2, -0.15) is 0 Å². The van der Waals surface area contributed by atoms with Crippen molar-refractivity contribution in [1.82, 2.24) is 19.9 Å². The summed E-state index contributed by atoms with van der Waals surface area (Å²) in [6.07, 6.45) is 14.4. The van der Waals surface area contributed by atoms with E-state index in [1.807, 2.05) is 42.9 Å². The second kappa shape index (κ2) is 9.55. The zero-order valence-electron chi connectivity index (χ0n) is 19.3. The van der Waals surface area contributed by atoms with Crippen LogP contribution in [0, 0.1) is 12.3 Å². The van der Waals surface area contributed by atoms with Gasteiger partial charge in [-0.1, -0.05) is 11.6 Å². The molecular weight excluding hydrogens is 444 g/mol. The Morgan fingerprint density at radius 2 is 2.00 bits per heavy atom. The summed E-state index contributed by atoms with van der Waals surface area (Å²) in [6, 6.07) is 12.6. The van der Waals surface area contributed by atoms with Crippen molar-refractivity contribution in [2.24, 2.45) is 5.92 Å². The number of piperidine rings is 1. The minimum Gasteiger partial charge on any atom is -0.493 e. The lowest BCUT2D eigenvalue weighted by Gasteiger charge is -2.42. The van der Waals surface area contributed by atoms with Crippen molar-refractivity contribution in [1.29, 1.82) is 0 Å². The van der Waals surface area contributed by atoms with E-state index in [0.717, 1.165) is 47.9 Å². The van der Waals surface area contributed by atoms with Crippen LogP contribution in [0.2, 0.25) is 5.02 Å². The Balaban J connectivity index is 1.16. The molecule has 1 saturated carbocycles. The minimum atomic E-state index is 0.517. The lowest BCUT2D eigenvalue weighted by molar-refractivity contribution is 0.0919. The number of nitrogens with one attached hydrogen (secondary N) is 1. The van der Waals surface area contributed by atoms with Crippen LogP contribution >= 0.6 is 11.6 Å². The molecule has 0 bridgehead atoms. The number of benzene rings is 1. The maximum absolute atomic E-state index is 6.10. The predicted octanol–water partition coefficient (Wildman–Crippen LogP) is 6.40. The minimum absolute atomic E-state index is 0.517. The zero-order valence-corrected chi connectivity index (χ0v) is 20.0. The van der Waals surface area contributed by atoms with Gasteiger partial charge in [0.05, 0.1) is 18.3 Å². The Bertz CT molecular complexity index is 1270. The molecule has 3 atom stereocenters. The maximum Gasteiger partial charge on any atom is 0.137 e. The van der Waals surface area contributed by atoms with E-state index < -0.39 is 0 Å². The number of rotatable bonds is 5. The number of hydrogen-bond donors (Lipinski definition) is 1. The lowest BCUT2D eigenvalue weighted by atomic mass is 9.79. The van der Waals surface area contributed by atoms with Gasteiger partial charge in [0.1, 0.15) is 11.4 Å². The van der Waals surface area contributed by atoms with Crippen molar-refractivity contribution in [3.8, 4) is 5.75 Å². The molecule has 34 heavy (non-hydrogen) atoms. The Labute approximate surface area is 205 Å². The van der Waals surface area contributed by atoms with Gasteiger partial charge in [-0.05, 0) is 92.9 Å². The van der Waals surface area contributed by atoms with Crippen LogP contribution in [0.25, 0.3) is 21.9 Å². The van der Waals surface area contributed by atoms with Crippen molar-refractivity contribution in [2.45, 2.75) is 44.1 Å². The fourth-order valence-electron chi connectivity index (χ4n) is 5.88. The molecule has 3 aromatic heterocycles. The SMILES string of the molecule is Clc1ccc(OCC2CCCN(C3[CH]CCC(c4ccnc5cnc6[nH]ccc6c45)C3)C2)cc1. The van der Waals surface area contributed by atoms with E-state index >= 15 is 0 Å². The van der Waals surface area contributed by atoms with Gasteiger partial charge in [0, 0.05) is 46.7 Å². The number of hydrogen-bond acceptors (Lipinski definition) is 4. The molecule has 6 rings (SSSR count). The van der Waals surface area contributed by atoms with E-state index in [4.69, 9.17) is 16.3 Å². The highest BCUT2D eigenvalue weighted by Crippen LogP contribution is 2.40. The first-order valence-corrected chi connectivity index (χ1v) is 12.8. The van der Waals surface area contributed by atoms with Crippen molar-refractivity contribution >= 4 is 33.5 Å². The summed E-state index contributed by atoms with van der Waals surface area (Å²) in [6.45, 7) is 3.04. The van der Waals surface area contributed by atoms with E-state index in [1.54, 1.807) is 0 Å². The van der Waals surface area contributed by atoms with Gasteiger partial charge in [-0.25, -0.2) is 4.98 Å². The third-order valence-corrected chi connectivity index (χ3v) is 7.81. The molecule has 1 aliphatic heterocycles. The largest absolute Gasteiger partial charge is 0.493 e. The summed E-state index contributed by atoms with van der Waals surface area (Å²) in [7, 11) is 0. The predicted molar refractivity (Wildman–Crippen MR) is 137 cm³/mol. The third-order valence-electron chi connectivity index (χ3n) is 7.56. The molecule has 3 unspecified atom stereocenters. The van der Waals surface area contributed by atoms with Crippen molar-refractivity contribution in [2.75, 3.05) is 19.7 Å². The highest BCUT2D eigenvalue weighted by molar-refractivity contribution is 6.30. The first kappa shape index (κ1) is 21.9. The summed E-state index contributed by atoms with van der Waals surface area (Å²) < 4.78 is 6.10. The number of nitrogens with zero attached hydrogens (tertiary/aromatic N) is 3. The first-order valence-electron chi connectivity index (χ1n) is 12.4. The molecule has 6 heteroatoms. The fourth-order valence-corrected chi connectivity index (χ4v) is 6.00. The molecule has 1 N–H and O–H groups in total. The van der Waals surface area contributed by atoms with Crippen LogP contribution in [0.4, 0.5) is 0 Å². The average molecular weight is 474 g/mol. The molecule has 1 saturated heterocycles. The standard InChI is InChI=1S/C28H30ClN4O/c29-21-6-8-23(9-7-21)34-18-19-3-2-14-33(17-19)22-5-1-4-20(15-22)24-10-12-30-26-16-32-28-25(27(24)26)11-13-31-28/h5-13,16,19-20,22H,1-4,14-15,17-18H2,(H,31,32). The number of pyridine rings is 2. The van der Waals surface area contributed by atoms with Gasteiger partial charge in [-0.15, -0.1) is 0 Å². The lowest BCUT2D eigenvalue weighted by Crippen LogP contribution is -2.46. The van der Waals surface area contributed by atoms with Crippen LogP contribution in [-0.4, -0.2) is 45.6 Å². The topological polar surface area (TPSA) is 54.0 Å². The Morgan fingerprint density at radius 3 is 2.91 bits per heavy atom. The van der Waals surface area contributed by atoms with Crippen LogP contribution in [-0.2, 0) is 0 Å². The molecule has 1 aliphatic carbocycles. The number of likely N-dealkylation sites (tertiary alicyclic amines) is 1. The van der Waals surface area contributed by atoms with Crippen LogP contribution in [0.1, 0.15) is 43.6 Å². The fraction of sp³-hybridized carbons (Fsp3) is 0.393. The van der Waals surface area contributed by atoms with Gasteiger partial charge in [0.2, 0.25) is 0 Å². The monoisotopic (exact) mass is 473 g/mol. The number of aromatic nitrogens is 3. The number of aromatic amines is 1. The quantitative estimate of drug-likeness (QED) is 0.364. The number of H-pyrrole nitrogens is 1. The highest BCUT2D eigenvalue weighted by atomic mass is 35.5. The summed E-state index contributed by atoms with van der Waals surface area (Å²) >= 11 is 6.00. The normalized spacial score (nSPS) is 24.0. The van der Waals surface area contributed by atoms with Gasteiger partial charge in [0.15, 0.2) is 0 Å². The van der Waals surface area contributed by atoms with E-state index in [2.05, 4.69) is 38.4 Å². The second-order valence-electron chi connectivity index (χ2n) is 9.74. The van der Waals surface area contributed by atoms with Crippen molar-refractivity contribution < 1.29 is 4.74 Å². The van der Waals surface area contributed by atoms with Crippen LogP contribution in [0.15, 0.2) is 55.0 Å². The van der Waals surface area contributed by atoms with Crippen molar-refractivity contribution in [3.05, 3.63) is 72.0 Å². The average Bonchev–Trinajstić information content (AvgIpc) is 3.38. The van der Waals surface area contributed by atoms with Crippen LogP contribution in [0.5, 0.6) is 5.75 Å². The van der Waals surface area contributed by atoms with E-state index in [0.29, 0.717) is 17.9 Å². The van der Waals surface area contributed by atoms with Gasteiger partial charge < -0.3 is 9.72 Å². The van der Waals surface area contributed by atoms with E-state index in [1.165, 1.54) is 42.1 Å². The molecule has 1 aromatic carbocycles. The maximum atomic E-state index is 6.10. The molecule has 2 fully saturated rings. The number of ether oxygens (including phenoxy) is 1. The molecule has 5 nitrogen and oxygen atoms in total.